The Morgan fingerprint density at radius 3 is 1.32 bits per heavy atom. The Kier molecular flexibility index (Phi) is 7.79. The predicted octanol–water partition coefficient (Wildman–Crippen LogP) is 1.67. The molecule has 4 heteroatoms. The second-order valence-electron chi connectivity index (χ2n) is 7.22. The molecule has 0 heterocycles. The van der Waals surface area contributed by atoms with E-state index >= 15 is 0 Å². The molecule has 2 aromatic carbocycles. The summed E-state index contributed by atoms with van der Waals surface area (Å²) in [5.74, 6) is 0. The van der Waals surface area contributed by atoms with E-state index in [1.807, 2.05) is 0 Å². The van der Waals surface area contributed by atoms with Crippen molar-refractivity contribution in [2.45, 2.75) is 38.3 Å². The van der Waals surface area contributed by atoms with Crippen LogP contribution in [0.5, 0.6) is 0 Å². The van der Waals surface area contributed by atoms with Gasteiger partial charge in [0.25, 0.3) is 0 Å². The Morgan fingerprint density at radius 2 is 1.00 bits per heavy atom. The maximum atomic E-state index is 4.11. The predicted molar refractivity (Wildman–Crippen MR) is 99.5 cm³/mol. The van der Waals surface area contributed by atoms with E-state index < -0.39 is 16.5 Å². The average molecular weight is 338 g/mol. The van der Waals surface area contributed by atoms with Crippen LogP contribution >= 0.6 is 0 Å². The van der Waals surface area contributed by atoms with Crippen molar-refractivity contribution in [3.63, 3.8) is 0 Å². The van der Waals surface area contributed by atoms with Gasteiger partial charge in [-0.15, -0.1) is 0 Å². The summed E-state index contributed by atoms with van der Waals surface area (Å²) in [7, 11) is -2.84. The molecule has 0 saturated heterocycles. The molecule has 0 radical (unpaired) electrons. The molecular weight excluding hydrogens is 309 g/mol. The van der Waals surface area contributed by atoms with Gasteiger partial charge in [-0.05, 0) is 23.2 Å². The van der Waals surface area contributed by atoms with Crippen LogP contribution in [0.2, 0.25) is 26.2 Å². The van der Waals surface area contributed by atoms with Gasteiger partial charge in [-0.25, -0.2) is 0 Å². The Morgan fingerprint density at radius 1 is 0.682 bits per heavy atom. The van der Waals surface area contributed by atoms with Crippen molar-refractivity contribution in [1.82, 2.24) is 4.65 Å². The van der Waals surface area contributed by atoms with Gasteiger partial charge in [-0.1, -0.05) is 86.9 Å². The molecule has 0 amide bonds. The second kappa shape index (κ2) is 8.62. The zero-order chi connectivity index (χ0) is 15.3. The molecule has 0 bridgehead atoms. The van der Waals surface area contributed by atoms with E-state index in [9.17, 15) is 0 Å². The van der Waals surface area contributed by atoms with Crippen molar-refractivity contribution >= 4 is 16.5 Å². The van der Waals surface area contributed by atoms with E-state index in [-0.39, 0.29) is 31.0 Å². The summed E-state index contributed by atoms with van der Waals surface area (Å²) in [5.41, 5.74) is 2.93. The summed E-state index contributed by atoms with van der Waals surface area (Å²) in [4.78, 5) is 0. The Balaban J connectivity index is 0.00000242. The van der Waals surface area contributed by atoms with Gasteiger partial charge in [0.05, 0.1) is 0 Å². The molecule has 22 heavy (non-hydrogen) atoms. The quantitative estimate of drug-likeness (QED) is 0.791. The molecule has 0 spiro atoms. The number of hydrogen-bond donors (Lipinski definition) is 1. The summed E-state index contributed by atoms with van der Waals surface area (Å²) in [5, 5.41) is 0. The molecule has 114 valence electrons. The van der Waals surface area contributed by atoms with Crippen LogP contribution in [0, 0.1) is 0 Å². The molecule has 1 nitrogen and oxygen atoms in total. The van der Waals surface area contributed by atoms with Crippen LogP contribution < -0.4 is 34.2 Å². The molecule has 2 aromatic rings. The van der Waals surface area contributed by atoms with Gasteiger partial charge in [0.2, 0.25) is 0 Å². The third kappa shape index (κ3) is 6.94. The molecule has 1 N–H and O–H groups in total. The monoisotopic (exact) mass is 337 g/mol. The van der Waals surface area contributed by atoms with Gasteiger partial charge >= 0.3 is 29.6 Å². The number of rotatable bonds is 6. The Labute approximate surface area is 161 Å². The summed E-state index contributed by atoms with van der Waals surface area (Å²) < 4.78 is 4.11. The second-order valence-corrected chi connectivity index (χ2v) is 16.5. The van der Waals surface area contributed by atoms with Crippen LogP contribution in [0.1, 0.15) is 12.6 Å². The molecule has 0 atom stereocenters. The smallest absolute Gasteiger partial charge is 1.00 e. The van der Waals surface area contributed by atoms with E-state index in [1.54, 1.807) is 0 Å². The fraction of sp³-hybridized carbons (Fsp3) is 0.333. The minimum atomic E-state index is -1.42. The summed E-state index contributed by atoms with van der Waals surface area (Å²) in [6, 6.07) is 24.2. The normalized spacial score (nSPS) is 11.8. The average Bonchev–Trinajstić information content (AvgIpc) is 2.38. The maximum absolute atomic E-state index is 4.11. The molecule has 0 saturated carbocycles. The molecule has 0 aliphatic rings. The van der Waals surface area contributed by atoms with Gasteiger partial charge in [0.1, 0.15) is 16.5 Å². The van der Waals surface area contributed by atoms with Crippen molar-refractivity contribution < 1.29 is 31.0 Å². The summed E-state index contributed by atoms with van der Waals surface area (Å²) in [6.07, 6.45) is 0. The SMILES string of the molecule is C[Si](C)(Cc1ccccc1)N[Si](C)(C)Cc1ccccc1.[H-].[Na+]. The van der Waals surface area contributed by atoms with Crippen molar-refractivity contribution in [2.24, 2.45) is 0 Å². The number of hydrogen-bond acceptors (Lipinski definition) is 1. The van der Waals surface area contributed by atoms with Crippen LogP contribution in [-0.2, 0) is 12.1 Å². The van der Waals surface area contributed by atoms with Gasteiger partial charge in [0.15, 0.2) is 0 Å². The van der Waals surface area contributed by atoms with E-state index in [4.69, 9.17) is 0 Å². The molecule has 0 unspecified atom stereocenters. The third-order valence-corrected chi connectivity index (χ3v) is 11.7. The fourth-order valence-electron chi connectivity index (χ4n) is 3.22. The first kappa shape index (κ1) is 19.9. The van der Waals surface area contributed by atoms with Gasteiger partial charge < -0.3 is 6.07 Å². The van der Waals surface area contributed by atoms with Crippen molar-refractivity contribution in [2.75, 3.05) is 0 Å². The van der Waals surface area contributed by atoms with Crippen LogP contribution in [0.3, 0.4) is 0 Å². The van der Waals surface area contributed by atoms with Crippen molar-refractivity contribution in [3.8, 4) is 0 Å². The van der Waals surface area contributed by atoms with E-state index in [1.165, 1.54) is 23.2 Å². The summed E-state index contributed by atoms with van der Waals surface area (Å²) >= 11 is 0. The van der Waals surface area contributed by atoms with Gasteiger partial charge in [-0.3, -0.25) is 0 Å². The van der Waals surface area contributed by atoms with Crippen LogP contribution in [0.25, 0.3) is 0 Å². The topological polar surface area (TPSA) is 12.0 Å². The van der Waals surface area contributed by atoms with Gasteiger partial charge in [-0.2, -0.15) is 0 Å². The molecule has 0 aliphatic heterocycles. The number of nitrogens with one attached hydrogen (secondary N) is 1. The fourth-order valence-corrected chi connectivity index (χ4v) is 13.8. The largest absolute Gasteiger partial charge is 1.00 e. The Hall–Kier alpha value is -0.166. The minimum Gasteiger partial charge on any atom is -1.00 e. The van der Waals surface area contributed by atoms with E-state index in [0.717, 1.165) is 0 Å². The van der Waals surface area contributed by atoms with Crippen LogP contribution in [-0.4, -0.2) is 16.5 Å². The molecule has 0 aliphatic carbocycles. The Bertz CT molecular complexity index is 510. The third-order valence-electron chi connectivity index (χ3n) is 3.65. The molecule has 2 rings (SSSR count). The first-order chi connectivity index (χ1) is 9.86. The van der Waals surface area contributed by atoms with Crippen LogP contribution in [0.15, 0.2) is 60.7 Å². The summed E-state index contributed by atoms with van der Waals surface area (Å²) in [6.45, 7) is 9.83. The van der Waals surface area contributed by atoms with E-state index in [0.29, 0.717) is 0 Å². The standard InChI is InChI=1S/C18H27NSi2.Na.H/c1-20(2,15-17-11-7-5-8-12-17)19-21(3,4)16-18-13-9-6-10-14-18;;/h5-14,19H,15-16H2,1-4H3;;/q;+1;-1. The molecule has 0 aromatic heterocycles. The molecule has 0 fully saturated rings. The first-order valence-corrected chi connectivity index (χ1v) is 14.1. The zero-order valence-electron chi connectivity index (χ0n) is 15.7. The molecular formula is C18H28NNaSi2. The van der Waals surface area contributed by atoms with E-state index in [2.05, 4.69) is 91.5 Å². The number of benzene rings is 2. The van der Waals surface area contributed by atoms with Crippen LogP contribution in [0.4, 0.5) is 0 Å². The van der Waals surface area contributed by atoms with Crippen molar-refractivity contribution in [3.05, 3.63) is 71.8 Å². The zero-order valence-corrected chi connectivity index (χ0v) is 18.7. The minimum absolute atomic E-state index is 0. The first-order valence-electron chi connectivity index (χ1n) is 7.74. The van der Waals surface area contributed by atoms with Crippen molar-refractivity contribution in [1.29, 1.82) is 0 Å². The maximum Gasteiger partial charge on any atom is 1.00 e. The van der Waals surface area contributed by atoms with Gasteiger partial charge in [0, 0.05) is 0 Å².